The number of carbonyl (C=O) groups excluding carboxylic acids is 1. The van der Waals surface area contributed by atoms with Crippen molar-refractivity contribution in [3.8, 4) is 0 Å². The summed E-state index contributed by atoms with van der Waals surface area (Å²) in [6, 6.07) is 0.114. The maximum absolute atomic E-state index is 12.3. The average molecular weight is 278 g/mol. The smallest absolute Gasteiger partial charge is 0.272 e. The van der Waals surface area contributed by atoms with Crippen molar-refractivity contribution in [2.45, 2.75) is 51.7 Å². The van der Waals surface area contributed by atoms with Gasteiger partial charge in [-0.25, -0.2) is 9.97 Å². The molecule has 0 aromatic carbocycles. The number of nitrogen functional groups attached to an aromatic ring is 1. The molecule has 0 spiro atoms. The van der Waals surface area contributed by atoms with Crippen molar-refractivity contribution in [1.29, 1.82) is 0 Å². The molecule has 3 N–H and O–H groups in total. The summed E-state index contributed by atoms with van der Waals surface area (Å²) in [5.41, 5.74) is 6.39. The quantitative estimate of drug-likeness (QED) is 0.874. The molecule has 2 unspecified atom stereocenters. The maximum atomic E-state index is 12.3. The lowest BCUT2D eigenvalue weighted by atomic mass is 10.0. The molecule has 1 saturated heterocycles. The van der Waals surface area contributed by atoms with Crippen molar-refractivity contribution in [3.63, 3.8) is 0 Å². The summed E-state index contributed by atoms with van der Waals surface area (Å²) in [5, 5.41) is 2.98. The highest BCUT2D eigenvalue weighted by Gasteiger charge is 2.23. The van der Waals surface area contributed by atoms with Crippen molar-refractivity contribution in [1.82, 2.24) is 15.3 Å². The van der Waals surface area contributed by atoms with E-state index >= 15 is 0 Å². The van der Waals surface area contributed by atoms with E-state index in [0.717, 1.165) is 12.8 Å². The lowest BCUT2D eigenvalue weighted by Gasteiger charge is -2.27. The van der Waals surface area contributed by atoms with Gasteiger partial charge in [-0.05, 0) is 19.8 Å². The van der Waals surface area contributed by atoms with Gasteiger partial charge < -0.3 is 15.8 Å². The minimum absolute atomic E-state index is 0.114. The van der Waals surface area contributed by atoms with Gasteiger partial charge in [-0.2, -0.15) is 0 Å². The molecule has 0 radical (unpaired) electrons. The number of aromatic nitrogens is 2. The summed E-state index contributed by atoms with van der Waals surface area (Å²) in [5.74, 6) is 0.556. The molecule has 0 saturated carbocycles. The minimum Gasteiger partial charge on any atom is -0.396 e. The summed E-state index contributed by atoms with van der Waals surface area (Å²) < 4.78 is 5.47. The third kappa shape index (κ3) is 3.45. The fourth-order valence-electron chi connectivity index (χ4n) is 2.25. The SMILES string of the molecule is CC1CC(NC(=O)c2nc(C(C)C)ncc2N)CCO1. The van der Waals surface area contributed by atoms with E-state index in [1.165, 1.54) is 6.20 Å². The molecule has 2 atom stereocenters. The molecule has 1 amide bonds. The van der Waals surface area contributed by atoms with Crippen LogP contribution in [0.5, 0.6) is 0 Å². The lowest BCUT2D eigenvalue weighted by molar-refractivity contribution is 0.0136. The van der Waals surface area contributed by atoms with Gasteiger partial charge in [0.1, 0.15) is 5.82 Å². The Morgan fingerprint density at radius 3 is 2.95 bits per heavy atom. The number of carbonyl (C=O) groups is 1. The van der Waals surface area contributed by atoms with Crippen LogP contribution in [-0.4, -0.2) is 34.6 Å². The Balaban J connectivity index is 2.10. The predicted octanol–water partition coefficient (Wildman–Crippen LogP) is 1.48. The van der Waals surface area contributed by atoms with Gasteiger partial charge in [0.15, 0.2) is 5.69 Å². The van der Waals surface area contributed by atoms with Crippen molar-refractivity contribution in [2.75, 3.05) is 12.3 Å². The third-order valence-corrected chi connectivity index (χ3v) is 3.39. The topological polar surface area (TPSA) is 90.1 Å². The monoisotopic (exact) mass is 278 g/mol. The number of amides is 1. The standard InChI is InChI=1S/C14H22N4O2/c1-8(2)13-16-7-11(15)12(18-13)14(19)17-10-4-5-20-9(3)6-10/h7-10H,4-6,15H2,1-3H3,(H,17,19). The highest BCUT2D eigenvalue weighted by molar-refractivity contribution is 5.97. The number of anilines is 1. The van der Waals surface area contributed by atoms with Crippen LogP contribution in [-0.2, 0) is 4.74 Å². The second kappa shape index (κ2) is 6.17. The van der Waals surface area contributed by atoms with Crippen LogP contribution in [0.4, 0.5) is 5.69 Å². The van der Waals surface area contributed by atoms with Crippen LogP contribution in [0.1, 0.15) is 55.8 Å². The van der Waals surface area contributed by atoms with Crippen molar-refractivity contribution < 1.29 is 9.53 Å². The van der Waals surface area contributed by atoms with Crippen LogP contribution >= 0.6 is 0 Å². The minimum atomic E-state index is -0.231. The summed E-state index contributed by atoms with van der Waals surface area (Å²) >= 11 is 0. The zero-order valence-corrected chi connectivity index (χ0v) is 12.2. The molecule has 20 heavy (non-hydrogen) atoms. The Morgan fingerprint density at radius 1 is 1.55 bits per heavy atom. The van der Waals surface area contributed by atoms with Crippen LogP contribution in [0, 0.1) is 0 Å². The fraction of sp³-hybridized carbons (Fsp3) is 0.643. The zero-order valence-electron chi connectivity index (χ0n) is 12.2. The first-order chi connectivity index (χ1) is 9.47. The molecule has 2 rings (SSSR count). The second-order valence-corrected chi connectivity index (χ2v) is 5.56. The van der Waals surface area contributed by atoms with E-state index in [2.05, 4.69) is 15.3 Å². The van der Waals surface area contributed by atoms with E-state index in [9.17, 15) is 4.79 Å². The van der Waals surface area contributed by atoms with E-state index in [-0.39, 0.29) is 29.7 Å². The summed E-state index contributed by atoms with van der Waals surface area (Å²) in [7, 11) is 0. The largest absolute Gasteiger partial charge is 0.396 e. The van der Waals surface area contributed by atoms with Crippen LogP contribution in [0.25, 0.3) is 0 Å². The first-order valence-electron chi connectivity index (χ1n) is 7.02. The van der Waals surface area contributed by atoms with Crippen molar-refractivity contribution >= 4 is 11.6 Å². The van der Waals surface area contributed by atoms with E-state index in [1.807, 2.05) is 20.8 Å². The highest BCUT2D eigenvalue weighted by Crippen LogP contribution is 2.16. The zero-order chi connectivity index (χ0) is 14.7. The van der Waals surface area contributed by atoms with E-state index in [0.29, 0.717) is 18.1 Å². The molecule has 0 bridgehead atoms. The molecule has 1 fully saturated rings. The number of nitrogens with two attached hydrogens (primary N) is 1. The predicted molar refractivity (Wildman–Crippen MR) is 76.4 cm³/mol. The Morgan fingerprint density at radius 2 is 2.30 bits per heavy atom. The molecule has 1 aliphatic rings. The molecule has 6 heteroatoms. The molecular weight excluding hydrogens is 256 g/mol. The Kier molecular flexibility index (Phi) is 4.54. The van der Waals surface area contributed by atoms with Gasteiger partial charge in [-0.1, -0.05) is 13.8 Å². The van der Waals surface area contributed by atoms with Gasteiger partial charge in [0.05, 0.1) is 18.0 Å². The molecule has 1 aliphatic heterocycles. The van der Waals surface area contributed by atoms with Crippen LogP contribution < -0.4 is 11.1 Å². The first-order valence-corrected chi connectivity index (χ1v) is 7.02. The van der Waals surface area contributed by atoms with E-state index in [4.69, 9.17) is 10.5 Å². The first kappa shape index (κ1) is 14.7. The Labute approximate surface area is 119 Å². The summed E-state index contributed by atoms with van der Waals surface area (Å²) in [6.07, 6.45) is 3.30. The van der Waals surface area contributed by atoms with Crippen LogP contribution in [0.15, 0.2) is 6.20 Å². The number of ether oxygens (including phenoxy) is 1. The van der Waals surface area contributed by atoms with Gasteiger partial charge >= 0.3 is 0 Å². The molecule has 6 nitrogen and oxygen atoms in total. The van der Waals surface area contributed by atoms with Gasteiger partial charge in [0, 0.05) is 18.6 Å². The van der Waals surface area contributed by atoms with Crippen molar-refractivity contribution in [3.05, 3.63) is 17.7 Å². The van der Waals surface area contributed by atoms with Crippen LogP contribution in [0.3, 0.4) is 0 Å². The average Bonchev–Trinajstić information content (AvgIpc) is 2.38. The molecule has 1 aromatic rings. The number of rotatable bonds is 3. The highest BCUT2D eigenvalue weighted by atomic mass is 16.5. The fourth-order valence-corrected chi connectivity index (χ4v) is 2.25. The number of hydrogen-bond donors (Lipinski definition) is 2. The maximum Gasteiger partial charge on any atom is 0.272 e. The normalized spacial score (nSPS) is 22.8. The number of hydrogen-bond acceptors (Lipinski definition) is 5. The lowest BCUT2D eigenvalue weighted by Crippen LogP contribution is -2.41. The number of nitrogens with zero attached hydrogens (tertiary/aromatic N) is 2. The molecule has 1 aromatic heterocycles. The van der Waals surface area contributed by atoms with Crippen LogP contribution in [0.2, 0.25) is 0 Å². The molecule has 110 valence electrons. The van der Waals surface area contributed by atoms with Gasteiger partial charge in [0.25, 0.3) is 5.91 Å². The van der Waals surface area contributed by atoms with E-state index < -0.39 is 0 Å². The van der Waals surface area contributed by atoms with E-state index in [1.54, 1.807) is 0 Å². The van der Waals surface area contributed by atoms with Gasteiger partial charge in [-0.15, -0.1) is 0 Å². The molecule has 2 heterocycles. The second-order valence-electron chi connectivity index (χ2n) is 5.56. The molecule has 0 aliphatic carbocycles. The van der Waals surface area contributed by atoms with Gasteiger partial charge in [-0.3, -0.25) is 4.79 Å². The van der Waals surface area contributed by atoms with Gasteiger partial charge in [0.2, 0.25) is 0 Å². The Hall–Kier alpha value is -1.69. The van der Waals surface area contributed by atoms with Crippen molar-refractivity contribution in [2.24, 2.45) is 0 Å². The summed E-state index contributed by atoms with van der Waals surface area (Å²) in [4.78, 5) is 20.7. The molecular formula is C14H22N4O2. The Bertz CT molecular complexity index is 490. The summed E-state index contributed by atoms with van der Waals surface area (Å²) in [6.45, 7) is 6.64. The number of nitrogens with one attached hydrogen (secondary N) is 1. The third-order valence-electron chi connectivity index (χ3n) is 3.39.